The number of fused-ring (bicyclic) bond motifs is 2. The highest BCUT2D eigenvalue weighted by Crippen LogP contribution is 2.38. The number of hydrogen-bond acceptors (Lipinski definition) is 8. The first-order chi connectivity index (χ1) is 19.1. The lowest BCUT2D eigenvalue weighted by molar-refractivity contribution is -0.137. The summed E-state index contributed by atoms with van der Waals surface area (Å²) in [6.45, 7) is 0.590. The largest absolute Gasteiger partial charge is 0.450 e. The minimum Gasteiger partial charge on any atom is -0.450 e. The average Bonchev–Trinajstić information content (AvgIpc) is 3.44. The molecule has 2 N–H and O–H groups in total. The SMILES string of the molecule is CNc1cn2ncc(Oc3cnc4nc(Nc5cc(CN6CC(F)C6)cc(C(F)(F)F)c5)n(C)c4c3Cl)c2cn1. The number of alkyl halides is 4. The first-order valence-corrected chi connectivity index (χ1v) is 12.5. The molecule has 0 radical (unpaired) electrons. The van der Waals surface area contributed by atoms with E-state index in [0.717, 1.165) is 12.1 Å². The van der Waals surface area contributed by atoms with Crippen molar-refractivity contribution in [1.29, 1.82) is 0 Å². The summed E-state index contributed by atoms with van der Waals surface area (Å²) >= 11 is 6.69. The van der Waals surface area contributed by atoms with Crippen LogP contribution < -0.4 is 15.4 Å². The highest BCUT2D eigenvalue weighted by molar-refractivity contribution is 6.36. The minimum atomic E-state index is -4.56. The number of rotatable bonds is 7. The zero-order valence-electron chi connectivity index (χ0n) is 21.2. The van der Waals surface area contributed by atoms with Crippen molar-refractivity contribution in [1.82, 2.24) is 34.0 Å². The van der Waals surface area contributed by atoms with Gasteiger partial charge in [-0.25, -0.2) is 18.9 Å². The lowest BCUT2D eigenvalue weighted by Crippen LogP contribution is -2.47. The summed E-state index contributed by atoms with van der Waals surface area (Å²) in [6.07, 6.45) is 0.715. The van der Waals surface area contributed by atoms with Crippen molar-refractivity contribution < 1.29 is 22.3 Å². The third kappa shape index (κ3) is 4.84. The lowest BCUT2D eigenvalue weighted by atomic mass is 10.1. The summed E-state index contributed by atoms with van der Waals surface area (Å²) in [6, 6.07) is 3.66. The Labute approximate surface area is 229 Å². The smallest absolute Gasteiger partial charge is 0.416 e. The highest BCUT2D eigenvalue weighted by Gasteiger charge is 2.32. The minimum absolute atomic E-state index is 0.174. The molecule has 1 aliphatic rings. The van der Waals surface area contributed by atoms with E-state index in [9.17, 15) is 17.6 Å². The van der Waals surface area contributed by atoms with Gasteiger partial charge in [-0.05, 0) is 23.8 Å². The van der Waals surface area contributed by atoms with Crippen molar-refractivity contribution in [3.05, 3.63) is 59.1 Å². The molecule has 0 bridgehead atoms. The molecule has 0 aliphatic carbocycles. The number of likely N-dealkylation sites (tertiary alicyclic amines) is 1. The van der Waals surface area contributed by atoms with E-state index in [1.807, 2.05) is 0 Å². The molecule has 1 saturated heterocycles. The molecule has 1 fully saturated rings. The van der Waals surface area contributed by atoms with E-state index in [1.165, 1.54) is 12.4 Å². The summed E-state index contributed by atoms with van der Waals surface area (Å²) in [4.78, 5) is 14.8. The highest BCUT2D eigenvalue weighted by atomic mass is 35.5. The molecule has 15 heteroatoms. The molecule has 208 valence electrons. The second-order valence-corrected chi connectivity index (χ2v) is 9.78. The number of halogens is 5. The first-order valence-electron chi connectivity index (χ1n) is 12.1. The second kappa shape index (κ2) is 9.78. The zero-order chi connectivity index (χ0) is 28.2. The monoisotopic (exact) mass is 575 g/mol. The molecule has 0 amide bonds. The maximum atomic E-state index is 13.6. The van der Waals surface area contributed by atoms with E-state index in [0.29, 0.717) is 28.2 Å². The van der Waals surface area contributed by atoms with E-state index in [4.69, 9.17) is 16.3 Å². The summed E-state index contributed by atoms with van der Waals surface area (Å²) < 4.78 is 63.3. The average molecular weight is 576 g/mol. The summed E-state index contributed by atoms with van der Waals surface area (Å²) in [5.41, 5.74) is 1.04. The predicted molar refractivity (Wildman–Crippen MR) is 141 cm³/mol. The molecule has 1 aromatic carbocycles. The van der Waals surface area contributed by atoms with Crippen molar-refractivity contribution >= 4 is 45.7 Å². The lowest BCUT2D eigenvalue weighted by Gasteiger charge is -2.34. The van der Waals surface area contributed by atoms with Gasteiger partial charge in [0.2, 0.25) is 5.95 Å². The van der Waals surface area contributed by atoms with E-state index in [2.05, 4.69) is 30.7 Å². The van der Waals surface area contributed by atoms with E-state index >= 15 is 0 Å². The molecule has 10 nitrogen and oxygen atoms in total. The van der Waals surface area contributed by atoms with Crippen LogP contribution in [-0.4, -0.2) is 60.3 Å². The molecule has 5 aromatic rings. The Morgan fingerprint density at radius 3 is 2.62 bits per heavy atom. The van der Waals surface area contributed by atoms with Crippen molar-refractivity contribution in [3.63, 3.8) is 0 Å². The summed E-state index contributed by atoms with van der Waals surface area (Å²) in [5.74, 6) is 1.48. The summed E-state index contributed by atoms with van der Waals surface area (Å²) in [7, 11) is 3.40. The molecule has 6 rings (SSSR count). The standard InChI is InChI=1S/C25H22ClF4N9O/c1-31-20-12-39-17(6-32-20)18(8-34-39)40-19-7-33-23-22(21(19)26)37(2)24(36-23)35-16-4-13(9-38-10-15(27)11-38)3-14(5-16)25(28,29)30/h3-8,12,15,31H,9-11H2,1-2H3,(H,33,35,36). The fourth-order valence-electron chi connectivity index (χ4n) is 4.53. The summed E-state index contributed by atoms with van der Waals surface area (Å²) in [5, 5.41) is 10.4. The van der Waals surface area contributed by atoms with Gasteiger partial charge in [0.25, 0.3) is 0 Å². The number of benzene rings is 1. The number of aromatic nitrogens is 6. The first kappa shape index (κ1) is 26.1. The molecule has 0 unspecified atom stereocenters. The number of imidazole rings is 1. The van der Waals surface area contributed by atoms with Crippen LogP contribution in [0.25, 0.3) is 16.7 Å². The molecule has 0 spiro atoms. The van der Waals surface area contributed by atoms with Gasteiger partial charge >= 0.3 is 6.18 Å². The Balaban J connectivity index is 1.31. The topological polar surface area (TPSA) is 97.4 Å². The zero-order valence-corrected chi connectivity index (χ0v) is 21.9. The fourth-order valence-corrected chi connectivity index (χ4v) is 4.82. The van der Waals surface area contributed by atoms with Crippen LogP contribution in [0, 0.1) is 0 Å². The maximum Gasteiger partial charge on any atom is 0.416 e. The molecule has 0 saturated carbocycles. The second-order valence-electron chi connectivity index (χ2n) is 9.40. The third-order valence-corrected chi connectivity index (χ3v) is 6.91. The number of aryl methyl sites for hydroxylation is 1. The van der Waals surface area contributed by atoms with Crippen LogP contribution in [0.2, 0.25) is 5.02 Å². The molecule has 0 atom stereocenters. The van der Waals surface area contributed by atoms with Gasteiger partial charge in [0.05, 0.1) is 30.4 Å². The van der Waals surface area contributed by atoms with Crippen LogP contribution in [0.4, 0.5) is 35.0 Å². The van der Waals surface area contributed by atoms with Crippen molar-refractivity contribution in [2.24, 2.45) is 7.05 Å². The third-order valence-electron chi connectivity index (χ3n) is 6.55. The molecule has 1 aliphatic heterocycles. The van der Waals surface area contributed by atoms with Crippen LogP contribution in [-0.2, 0) is 19.8 Å². The molecular formula is C25H22ClF4N9O. The Kier molecular flexibility index (Phi) is 6.38. The van der Waals surface area contributed by atoms with Crippen molar-refractivity contribution in [3.8, 4) is 11.5 Å². The predicted octanol–water partition coefficient (Wildman–Crippen LogP) is 5.41. The van der Waals surface area contributed by atoms with Gasteiger partial charge in [0.15, 0.2) is 17.1 Å². The van der Waals surface area contributed by atoms with Crippen LogP contribution >= 0.6 is 11.6 Å². The normalized spacial score (nSPS) is 14.6. The van der Waals surface area contributed by atoms with Gasteiger partial charge in [0, 0.05) is 39.4 Å². The molecular weight excluding hydrogens is 554 g/mol. The van der Waals surface area contributed by atoms with Gasteiger partial charge in [-0.15, -0.1) is 0 Å². The van der Waals surface area contributed by atoms with Gasteiger partial charge in [-0.2, -0.15) is 23.3 Å². The van der Waals surface area contributed by atoms with Crippen molar-refractivity contribution in [2.45, 2.75) is 18.9 Å². The molecule has 5 heterocycles. The Morgan fingerprint density at radius 1 is 1.10 bits per heavy atom. The van der Waals surface area contributed by atoms with Crippen molar-refractivity contribution in [2.75, 3.05) is 30.8 Å². The molecule has 40 heavy (non-hydrogen) atoms. The van der Waals surface area contributed by atoms with Crippen LogP contribution in [0.15, 0.2) is 43.0 Å². The van der Waals surface area contributed by atoms with Gasteiger partial charge in [-0.1, -0.05) is 11.6 Å². The number of ether oxygens (including phenoxy) is 1. The Hall–Kier alpha value is -4.17. The maximum absolute atomic E-state index is 13.6. The quantitative estimate of drug-likeness (QED) is 0.249. The van der Waals surface area contributed by atoms with Gasteiger partial charge in [-0.3, -0.25) is 4.90 Å². The number of nitrogens with zero attached hydrogens (tertiary/aromatic N) is 7. The van der Waals surface area contributed by atoms with Crippen LogP contribution in [0.1, 0.15) is 11.1 Å². The number of anilines is 3. The van der Waals surface area contributed by atoms with Crippen LogP contribution in [0.5, 0.6) is 11.5 Å². The Morgan fingerprint density at radius 2 is 1.90 bits per heavy atom. The Bertz CT molecular complexity index is 1730. The van der Waals surface area contributed by atoms with E-state index in [1.54, 1.807) is 46.5 Å². The van der Waals surface area contributed by atoms with Gasteiger partial charge in [0.1, 0.15) is 28.0 Å². The number of pyridine rings is 1. The van der Waals surface area contributed by atoms with Gasteiger partial charge < -0.3 is 19.9 Å². The van der Waals surface area contributed by atoms with E-state index in [-0.39, 0.29) is 47.7 Å². The van der Waals surface area contributed by atoms with E-state index < -0.39 is 17.9 Å². The fraction of sp³-hybridized carbons (Fsp3) is 0.280. The molecule has 4 aromatic heterocycles. The number of hydrogen-bond donors (Lipinski definition) is 2. The van der Waals surface area contributed by atoms with Crippen LogP contribution in [0.3, 0.4) is 0 Å². The number of nitrogens with one attached hydrogen (secondary N) is 2.